The third-order valence-electron chi connectivity index (χ3n) is 3.75. The molecule has 1 N–H and O–H groups in total. The summed E-state index contributed by atoms with van der Waals surface area (Å²) >= 11 is 0. The molecule has 0 bridgehead atoms. The molecule has 5 heteroatoms. The number of hydrogen-bond donors (Lipinski definition) is 1. The molecule has 5 nitrogen and oxygen atoms in total. The molecule has 1 aromatic heterocycles. The maximum Gasteiger partial charge on any atom is 0.0964 e. The van der Waals surface area contributed by atoms with Gasteiger partial charge in [0.05, 0.1) is 12.2 Å². The molecule has 0 spiro atoms. The Bertz CT molecular complexity index is 349. The molecule has 2 heterocycles. The highest BCUT2D eigenvalue weighted by Gasteiger charge is 2.16. The summed E-state index contributed by atoms with van der Waals surface area (Å²) in [7, 11) is 1.93. The molecule has 0 amide bonds. The van der Waals surface area contributed by atoms with Crippen LogP contribution in [0.5, 0.6) is 0 Å². The van der Waals surface area contributed by atoms with Crippen LogP contribution in [0.15, 0.2) is 6.20 Å². The van der Waals surface area contributed by atoms with Crippen LogP contribution >= 0.6 is 0 Å². The van der Waals surface area contributed by atoms with Crippen LogP contribution in [-0.2, 0) is 13.1 Å². The second kappa shape index (κ2) is 6.85. The van der Waals surface area contributed by atoms with Crippen molar-refractivity contribution in [2.75, 3.05) is 20.1 Å². The SMILES string of the molecule is CNCc1cn(CCN2CCCCCC2C)nn1. The van der Waals surface area contributed by atoms with Gasteiger partial charge in [-0.05, 0) is 33.4 Å². The Morgan fingerprint density at radius 1 is 1.33 bits per heavy atom. The van der Waals surface area contributed by atoms with E-state index in [1.54, 1.807) is 0 Å². The molecular weight excluding hydrogens is 226 g/mol. The standard InChI is InChI=1S/C13H25N5/c1-12-6-4-3-5-7-17(12)8-9-18-11-13(10-14-2)15-16-18/h11-12,14H,3-10H2,1-2H3. The van der Waals surface area contributed by atoms with Crippen molar-refractivity contribution in [2.24, 2.45) is 0 Å². The minimum atomic E-state index is 0.716. The number of nitrogens with zero attached hydrogens (tertiary/aromatic N) is 4. The Morgan fingerprint density at radius 3 is 3.06 bits per heavy atom. The van der Waals surface area contributed by atoms with E-state index >= 15 is 0 Å². The molecule has 2 rings (SSSR count). The Balaban J connectivity index is 1.81. The summed E-state index contributed by atoms with van der Waals surface area (Å²) in [5.41, 5.74) is 1.02. The maximum absolute atomic E-state index is 4.17. The molecular formula is C13H25N5. The smallest absolute Gasteiger partial charge is 0.0964 e. The predicted octanol–water partition coefficient (Wildman–Crippen LogP) is 1.26. The zero-order valence-electron chi connectivity index (χ0n) is 11.6. The van der Waals surface area contributed by atoms with Crippen LogP contribution in [0.1, 0.15) is 38.3 Å². The molecule has 0 saturated carbocycles. The Labute approximate surface area is 110 Å². The minimum absolute atomic E-state index is 0.716. The average Bonchev–Trinajstić information content (AvgIpc) is 2.70. The molecule has 0 aromatic carbocycles. The highest BCUT2D eigenvalue weighted by atomic mass is 15.4. The number of hydrogen-bond acceptors (Lipinski definition) is 4. The van der Waals surface area contributed by atoms with Crippen molar-refractivity contribution in [2.45, 2.75) is 51.7 Å². The van der Waals surface area contributed by atoms with E-state index < -0.39 is 0 Å². The lowest BCUT2D eigenvalue weighted by molar-refractivity contribution is 0.202. The summed E-state index contributed by atoms with van der Waals surface area (Å²) in [5, 5.41) is 11.4. The zero-order chi connectivity index (χ0) is 12.8. The molecule has 0 radical (unpaired) electrons. The highest BCUT2D eigenvalue weighted by molar-refractivity contribution is 4.91. The highest BCUT2D eigenvalue weighted by Crippen LogP contribution is 2.15. The average molecular weight is 251 g/mol. The summed E-state index contributed by atoms with van der Waals surface area (Å²) in [6.45, 7) is 6.41. The van der Waals surface area contributed by atoms with Gasteiger partial charge in [0.25, 0.3) is 0 Å². The number of nitrogens with one attached hydrogen (secondary N) is 1. The van der Waals surface area contributed by atoms with Gasteiger partial charge in [0.2, 0.25) is 0 Å². The fourth-order valence-electron chi connectivity index (χ4n) is 2.61. The molecule has 1 saturated heterocycles. The first-order chi connectivity index (χ1) is 8.79. The first-order valence-electron chi connectivity index (χ1n) is 7.07. The summed E-state index contributed by atoms with van der Waals surface area (Å²) in [5.74, 6) is 0. The van der Waals surface area contributed by atoms with Gasteiger partial charge in [-0.1, -0.05) is 18.1 Å². The van der Waals surface area contributed by atoms with Gasteiger partial charge in [0.15, 0.2) is 0 Å². The van der Waals surface area contributed by atoms with Gasteiger partial charge in [0.1, 0.15) is 0 Å². The van der Waals surface area contributed by atoms with Crippen molar-refractivity contribution in [3.63, 3.8) is 0 Å². The van der Waals surface area contributed by atoms with Gasteiger partial charge in [-0.2, -0.15) is 0 Å². The molecule has 1 aliphatic heterocycles. The van der Waals surface area contributed by atoms with E-state index in [0.29, 0.717) is 6.04 Å². The van der Waals surface area contributed by atoms with E-state index in [-0.39, 0.29) is 0 Å². The first kappa shape index (κ1) is 13.5. The van der Waals surface area contributed by atoms with E-state index in [2.05, 4.69) is 27.5 Å². The summed E-state index contributed by atoms with van der Waals surface area (Å²) < 4.78 is 1.96. The van der Waals surface area contributed by atoms with Gasteiger partial charge in [-0.25, -0.2) is 0 Å². The van der Waals surface area contributed by atoms with Crippen molar-refractivity contribution in [3.8, 4) is 0 Å². The van der Waals surface area contributed by atoms with Gasteiger partial charge in [-0.3, -0.25) is 9.58 Å². The van der Waals surface area contributed by atoms with Crippen molar-refractivity contribution < 1.29 is 0 Å². The molecule has 102 valence electrons. The minimum Gasteiger partial charge on any atom is -0.314 e. The quantitative estimate of drug-likeness (QED) is 0.856. The third kappa shape index (κ3) is 3.78. The topological polar surface area (TPSA) is 46.0 Å². The summed E-state index contributed by atoms with van der Waals surface area (Å²) in [6, 6.07) is 0.716. The Hall–Kier alpha value is -0.940. The summed E-state index contributed by atoms with van der Waals surface area (Å²) in [6.07, 6.45) is 7.48. The fraction of sp³-hybridized carbons (Fsp3) is 0.846. The molecule has 1 aliphatic rings. The molecule has 1 fully saturated rings. The maximum atomic E-state index is 4.17. The lowest BCUT2D eigenvalue weighted by Gasteiger charge is -2.26. The van der Waals surface area contributed by atoms with Crippen LogP contribution in [0.2, 0.25) is 0 Å². The van der Waals surface area contributed by atoms with Gasteiger partial charge in [0, 0.05) is 25.3 Å². The summed E-state index contributed by atoms with van der Waals surface area (Å²) in [4.78, 5) is 2.59. The second-order valence-electron chi connectivity index (χ2n) is 5.24. The van der Waals surface area contributed by atoms with Crippen LogP contribution in [0, 0.1) is 0 Å². The second-order valence-corrected chi connectivity index (χ2v) is 5.24. The van der Waals surface area contributed by atoms with Crippen LogP contribution in [0.4, 0.5) is 0 Å². The van der Waals surface area contributed by atoms with E-state index in [0.717, 1.165) is 25.3 Å². The van der Waals surface area contributed by atoms with Crippen LogP contribution in [0.3, 0.4) is 0 Å². The lowest BCUT2D eigenvalue weighted by Crippen LogP contribution is -2.35. The van der Waals surface area contributed by atoms with Crippen LogP contribution in [0.25, 0.3) is 0 Å². The Kier molecular flexibility index (Phi) is 5.13. The van der Waals surface area contributed by atoms with E-state index in [9.17, 15) is 0 Å². The van der Waals surface area contributed by atoms with Crippen LogP contribution < -0.4 is 5.32 Å². The normalized spacial score (nSPS) is 22.0. The molecule has 0 aliphatic carbocycles. The largest absolute Gasteiger partial charge is 0.314 e. The fourth-order valence-corrected chi connectivity index (χ4v) is 2.61. The van der Waals surface area contributed by atoms with Gasteiger partial charge >= 0.3 is 0 Å². The molecule has 1 unspecified atom stereocenters. The van der Waals surface area contributed by atoms with Crippen LogP contribution in [-0.4, -0.2) is 46.1 Å². The number of aromatic nitrogens is 3. The molecule has 1 aromatic rings. The van der Waals surface area contributed by atoms with Gasteiger partial charge in [-0.15, -0.1) is 5.10 Å². The monoisotopic (exact) mass is 251 g/mol. The number of likely N-dealkylation sites (tertiary alicyclic amines) is 1. The molecule has 1 atom stereocenters. The molecule has 18 heavy (non-hydrogen) atoms. The predicted molar refractivity (Wildman–Crippen MR) is 72.3 cm³/mol. The third-order valence-corrected chi connectivity index (χ3v) is 3.75. The lowest BCUT2D eigenvalue weighted by atomic mass is 10.1. The van der Waals surface area contributed by atoms with Crippen molar-refractivity contribution in [1.82, 2.24) is 25.2 Å². The van der Waals surface area contributed by atoms with Gasteiger partial charge < -0.3 is 5.32 Å². The van der Waals surface area contributed by atoms with Crippen molar-refractivity contribution >= 4 is 0 Å². The van der Waals surface area contributed by atoms with Crippen molar-refractivity contribution in [3.05, 3.63) is 11.9 Å². The first-order valence-corrected chi connectivity index (χ1v) is 7.07. The Morgan fingerprint density at radius 2 is 2.22 bits per heavy atom. The van der Waals surface area contributed by atoms with E-state index in [1.807, 2.05) is 17.9 Å². The zero-order valence-corrected chi connectivity index (χ0v) is 11.6. The van der Waals surface area contributed by atoms with E-state index in [4.69, 9.17) is 0 Å². The van der Waals surface area contributed by atoms with E-state index in [1.165, 1.54) is 32.2 Å². The van der Waals surface area contributed by atoms with Crippen molar-refractivity contribution in [1.29, 1.82) is 0 Å². The number of rotatable bonds is 5.